The average Bonchev–Trinajstić information content (AvgIpc) is 3.38. The molecule has 4 rings (SSSR count). The van der Waals surface area contributed by atoms with Gasteiger partial charge in [0.25, 0.3) is 11.5 Å². The molecule has 1 fully saturated rings. The first-order chi connectivity index (χ1) is 13.7. The van der Waals surface area contributed by atoms with Crippen LogP contribution < -0.4 is 5.56 Å². The normalized spacial score (nSPS) is 14.5. The molecule has 3 aromatic heterocycles. The van der Waals surface area contributed by atoms with E-state index in [1.54, 1.807) is 33.7 Å². The molecule has 0 radical (unpaired) electrons. The van der Waals surface area contributed by atoms with E-state index < -0.39 is 0 Å². The SMILES string of the molecule is C=CCn1c(SCc2ccc(C(=O)N3CCOCC3)o2)nc2sccc2c1=O. The van der Waals surface area contributed by atoms with E-state index in [9.17, 15) is 9.59 Å². The third-order valence-corrected chi connectivity index (χ3v) is 6.18. The van der Waals surface area contributed by atoms with Crippen molar-refractivity contribution in [3.8, 4) is 0 Å². The van der Waals surface area contributed by atoms with Gasteiger partial charge in [-0.25, -0.2) is 4.98 Å². The molecular formula is C19H19N3O4S2. The second kappa shape index (κ2) is 8.34. The zero-order valence-corrected chi connectivity index (χ0v) is 16.8. The van der Waals surface area contributed by atoms with Gasteiger partial charge in [-0.15, -0.1) is 17.9 Å². The van der Waals surface area contributed by atoms with Gasteiger partial charge in [-0.2, -0.15) is 0 Å². The van der Waals surface area contributed by atoms with E-state index in [0.29, 0.717) is 60.7 Å². The van der Waals surface area contributed by atoms with Crippen LogP contribution in [0.3, 0.4) is 0 Å². The smallest absolute Gasteiger partial charge is 0.289 e. The Morgan fingerprint density at radius 3 is 2.93 bits per heavy atom. The van der Waals surface area contributed by atoms with E-state index in [-0.39, 0.29) is 11.5 Å². The van der Waals surface area contributed by atoms with Crippen LogP contribution in [0.25, 0.3) is 10.2 Å². The zero-order chi connectivity index (χ0) is 19.5. The first kappa shape index (κ1) is 19.0. The van der Waals surface area contributed by atoms with E-state index in [4.69, 9.17) is 9.15 Å². The topological polar surface area (TPSA) is 77.6 Å². The highest BCUT2D eigenvalue weighted by Gasteiger charge is 2.21. The number of carbonyl (C=O) groups excluding carboxylic acids is 1. The number of allylic oxidation sites excluding steroid dienone is 1. The molecule has 28 heavy (non-hydrogen) atoms. The molecule has 9 heteroatoms. The number of carbonyl (C=O) groups is 1. The predicted molar refractivity (Wildman–Crippen MR) is 109 cm³/mol. The molecule has 0 saturated carbocycles. The number of thioether (sulfide) groups is 1. The maximum absolute atomic E-state index is 12.7. The Hall–Kier alpha value is -2.36. The molecule has 0 spiro atoms. The first-order valence-corrected chi connectivity index (χ1v) is 10.7. The van der Waals surface area contributed by atoms with Crippen molar-refractivity contribution in [3.63, 3.8) is 0 Å². The second-order valence-corrected chi connectivity index (χ2v) is 8.03. The van der Waals surface area contributed by atoms with Gasteiger partial charge in [-0.3, -0.25) is 14.2 Å². The van der Waals surface area contributed by atoms with Crippen molar-refractivity contribution >= 4 is 39.2 Å². The van der Waals surface area contributed by atoms with E-state index in [0.717, 1.165) is 4.83 Å². The van der Waals surface area contributed by atoms with Gasteiger partial charge >= 0.3 is 0 Å². The fourth-order valence-electron chi connectivity index (χ4n) is 2.96. The third-order valence-electron chi connectivity index (χ3n) is 4.37. The lowest BCUT2D eigenvalue weighted by Crippen LogP contribution is -2.40. The lowest BCUT2D eigenvalue weighted by Gasteiger charge is -2.25. The van der Waals surface area contributed by atoms with Crippen LogP contribution in [0.15, 0.2) is 50.6 Å². The van der Waals surface area contributed by atoms with Gasteiger partial charge in [0.2, 0.25) is 0 Å². The van der Waals surface area contributed by atoms with Gasteiger partial charge in [-0.1, -0.05) is 17.8 Å². The number of nitrogens with zero attached hydrogens (tertiary/aromatic N) is 3. The summed E-state index contributed by atoms with van der Waals surface area (Å²) in [4.78, 5) is 32.2. The van der Waals surface area contributed by atoms with Crippen LogP contribution in [0.4, 0.5) is 0 Å². The summed E-state index contributed by atoms with van der Waals surface area (Å²) in [6.07, 6.45) is 1.68. The van der Waals surface area contributed by atoms with E-state index in [2.05, 4.69) is 11.6 Å². The molecule has 0 aliphatic carbocycles. The molecule has 3 aromatic rings. The zero-order valence-electron chi connectivity index (χ0n) is 15.1. The van der Waals surface area contributed by atoms with Crippen LogP contribution in [0.5, 0.6) is 0 Å². The molecule has 1 aliphatic rings. The summed E-state index contributed by atoms with van der Waals surface area (Å²) in [5, 5.41) is 3.09. The Morgan fingerprint density at radius 1 is 1.32 bits per heavy atom. The minimum atomic E-state index is -0.124. The van der Waals surface area contributed by atoms with Crippen molar-refractivity contribution in [3.05, 3.63) is 58.1 Å². The number of aromatic nitrogens is 2. The fourth-order valence-corrected chi connectivity index (χ4v) is 4.67. The van der Waals surface area contributed by atoms with E-state index in [1.165, 1.54) is 23.1 Å². The monoisotopic (exact) mass is 417 g/mol. The highest BCUT2D eigenvalue weighted by atomic mass is 32.2. The molecule has 1 amide bonds. The predicted octanol–water partition coefficient (Wildman–Crippen LogP) is 3.00. The lowest BCUT2D eigenvalue weighted by molar-refractivity contribution is 0.0282. The summed E-state index contributed by atoms with van der Waals surface area (Å²) in [6, 6.07) is 5.28. The standard InChI is InChI=1S/C19H19N3O4S2/c1-2-6-22-17(23)14-5-11-27-16(14)20-19(22)28-12-13-3-4-15(26-13)18(24)21-7-9-25-10-8-21/h2-5,11H,1,6-10,12H2. The summed E-state index contributed by atoms with van der Waals surface area (Å²) in [7, 11) is 0. The summed E-state index contributed by atoms with van der Waals surface area (Å²) >= 11 is 2.85. The average molecular weight is 418 g/mol. The van der Waals surface area contributed by atoms with Gasteiger partial charge in [0.1, 0.15) is 10.6 Å². The molecule has 7 nitrogen and oxygen atoms in total. The minimum absolute atomic E-state index is 0.0729. The number of thiophene rings is 1. The van der Waals surface area contributed by atoms with Crippen molar-refractivity contribution in [1.29, 1.82) is 0 Å². The quantitative estimate of drug-likeness (QED) is 0.349. The fraction of sp³-hybridized carbons (Fsp3) is 0.316. The largest absolute Gasteiger partial charge is 0.455 e. The van der Waals surface area contributed by atoms with E-state index in [1.807, 2.05) is 5.38 Å². The van der Waals surface area contributed by atoms with Gasteiger partial charge in [0.05, 0.1) is 24.4 Å². The van der Waals surface area contributed by atoms with Gasteiger partial charge in [0, 0.05) is 19.6 Å². The van der Waals surface area contributed by atoms with Crippen molar-refractivity contribution in [2.45, 2.75) is 17.5 Å². The molecule has 1 saturated heterocycles. The van der Waals surface area contributed by atoms with Crippen molar-refractivity contribution in [1.82, 2.24) is 14.5 Å². The van der Waals surface area contributed by atoms with Crippen molar-refractivity contribution < 1.29 is 13.9 Å². The number of rotatable bonds is 6. The number of furan rings is 1. The molecule has 146 valence electrons. The van der Waals surface area contributed by atoms with Crippen LogP contribution in [0.1, 0.15) is 16.3 Å². The Bertz CT molecular complexity index is 1060. The van der Waals surface area contributed by atoms with Crippen LogP contribution >= 0.6 is 23.1 Å². The number of amides is 1. The molecular weight excluding hydrogens is 398 g/mol. The number of fused-ring (bicyclic) bond motifs is 1. The second-order valence-electron chi connectivity index (χ2n) is 6.20. The van der Waals surface area contributed by atoms with Crippen molar-refractivity contribution in [2.24, 2.45) is 0 Å². The Kier molecular flexibility index (Phi) is 5.65. The van der Waals surface area contributed by atoms with Gasteiger partial charge in [-0.05, 0) is 23.6 Å². The van der Waals surface area contributed by atoms with Crippen LogP contribution in [-0.2, 0) is 17.0 Å². The van der Waals surface area contributed by atoms with Crippen LogP contribution in [0, 0.1) is 0 Å². The molecule has 4 heterocycles. The Balaban J connectivity index is 1.51. The number of hydrogen-bond acceptors (Lipinski definition) is 7. The van der Waals surface area contributed by atoms with Crippen molar-refractivity contribution in [2.75, 3.05) is 26.3 Å². The Labute approximate surface area is 169 Å². The molecule has 0 atom stereocenters. The molecule has 1 aliphatic heterocycles. The van der Waals surface area contributed by atoms with Crippen LogP contribution in [-0.4, -0.2) is 46.7 Å². The molecule has 0 N–H and O–H groups in total. The number of morpholine rings is 1. The number of hydrogen-bond donors (Lipinski definition) is 0. The van der Waals surface area contributed by atoms with Gasteiger partial charge < -0.3 is 14.1 Å². The molecule has 0 bridgehead atoms. The van der Waals surface area contributed by atoms with E-state index >= 15 is 0 Å². The highest BCUT2D eigenvalue weighted by Crippen LogP contribution is 2.25. The van der Waals surface area contributed by atoms with Crippen LogP contribution in [0.2, 0.25) is 0 Å². The third kappa shape index (κ3) is 3.78. The molecule has 0 unspecified atom stereocenters. The number of ether oxygens (including phenoxy) is 1. The summed E-state index contributed by atoms with van der Waals surface area (Å²) in [5.41, 5.74) is -0.0729. The van der Waals surface area contributed by atoms with Gasteiger partial charge in [0.15, 0.2) is 10.9 Å². The first-order valence-electron chi connectivity index (χ1n) is 8.85. The molecule has 0 aromatic carbocycles. The maximum atomic E-state index is 12.7. The minimum Gasteiger partial charge on any atom is -0.455 e. The highest BCUT2D eigenvalue weighted by molar-refractivity contribution is 7.98. The Morgan fingerprint density at radius 2 is 2.14 bits per heavy atom. The summed E-state index contributed by atoms with van der Waals surface area (Å²) in [5.74, 6) is 1.33. The summed E-state index contributed by atoms with van der Waals surface area (Å²) < 4.78 is 12.6. The lowest BCUT2D eigenvalue weighted by atomic mass is 10.3. The maximum Gasteiger partial charge on any atom is 0.289 e. The summed E-state index contributed by atoms with van der Waals surface area (Å²) in [6.45, 7) is 6.36.